The number of halogens is 1. The summed E-state index contributed by atoms with van der Waals surface area (Å²) in [6.45, 7) is 2.90. The molecule has 1 atom stereocenters. The van der Waals surface area contributed by atoms with Gasteiger partial charge in [0.25, 0.3) is 0 Å². The average molecular weight is 274 g/mol. The molecule has 1 N–H and O–H groups in total. The maximum Gasteiger partial charge on any atom is 0.132 e. The van der Waals surface area contributed by atoms with E-state index in [1.165, 1.54) is 13.2 Å². The zero-order valence-electron chi connectivity index (χ0n) is 11.8. The highest BCUT2D eigenvalue weighted by Gasteiger charge is 2.17. The molecule has 0 aliphatic rings. The normalized spacial score (nSPS) is 12.2. The molecule has 0 amide bonds. The minimum atomic E-state index is -0.269. The summed E-state index contributed by atoms with van der Waals surface area (Å²) in [4.78, 5) is 4.01. The highest BCUT2D eigenvalue weighted by Crippen LogP contribution is 2.26. The molecule has 4 heteroatoms. The molecule has 0 aliphatic carbocycles. The van der Waals surface area contributed by atoms with Gasteiger partial charge in [0.1, 0.15) is 11.6 Å². The van der Waals surface area contributed by atoms with Crippen molar-refractivity contribution in [1.82, 2.24) is 10.3 Å². The first kappa shape index (κ1) is 14.5. The third-order valence-electron chi connectivity index (χ3n) is 3.16. The van der Waals surface area contributed by atoms with Crippen molar-refractivity contribution in [3.63, 3.8) is 0 Å². The number of ether oxygens (including phenoxy) is 1. The first-order chi connectivity index (χ1) is 9.76. The Morgan fingerprint density at radius 3 is 2.60 bits per heavy atom. The molecule has 1 heterocycles. The van der Waals surface area contributed by atoms with Crippen molar-refractivity contribution < 1.29 is 9.13 Å². The standard InChI is InChI=1S/C16H19FN2O/c1-3-8-19-16(12-6-9-18-10-7-12)14-5-4-13(20-2)11-15(14)17/h4-7,9-11,16,19H,3,8H2,1-2H3. The molecule has 0 radical (unpaired) electrons. The fourth-order valence-corrected chi connectivity index (χ4v) is 2.12. The Kier molecular flexibility index (Phi) is 5.07. The highest BCUT2D eigenvalue weighted by molar-refractivity contribution is 5.36. The summed E-state index contributed by atoms with van der Waals surface area (Å²) in [6.07, 6.45) is 4.42. The Hall–Kier alpha value is -1.94. The number of nitrogens with one attached hydrogen (secondary N) is 1. The van der Waals surface area contributed by atoms with E-state index in [1.807, 2.05) is 12.1 Å². The van der Waals surface area contributed by atoms with Crippen LogP contribution in [-0.2, 0) is 0 Å². The summed E-state index contributed by atoms with van der Waals surface area (Å²) >= 11 is 0. The van der Waals surface area contributed by atoms with Gasteiger partial charge in [0.15, 0.2) is 0 Å². The molecule has 1 aromatic carbocycles. The minimum Gasteiger partial charge on any atom is -0.497 e. The van der Waals surface area contributed by atoms with Gasteiger partial charge in [0.2, 0.25) is 0 Å². The lowest BCUT2D eigenvalue weighted by molar-refractivity contribution is 0.410. The second kappa shape index (κ2) is 7.01. The Morgan fingerprint density at radius 1 is 1.25 bits per heavy atom. The Bertz CT molecular complexity index is 545. The number of hydrogen-bond acceptors (Lipinski definition) is 3. The van der Waals surface area contributed by atoms with Crippen LogP contribution in [0.2, 0.25) is 0 Å². The molecule has 0 saturated heterocycles. The van der Waals surface area contributed by atoms with Gasteiger partial charge in [-0.15, -0.1) is 0 Å². The molecule has 106 valence electrons. The molecule has 0 spiro atoms. The molecule has 0 fully saturated rings. The van der Waals surface area contributed by atoms with Crippen LogP contribution >= 0.6 is 0 Å². The van der Waals surface area contributed by atoms with E-state index in [-0.39, 0.29) is 11.9 Å². The quantitative estimate of drug-likeness (QED) is 0.877. The van der Waals surface area contributed by atoms with Gasteiger partial charge < -0.3 is 10.1 Å². The predicted octanol–water partition coefficient (Wildman–Crippen LogP) is 3.32. The van der Waals surface area contributed by atoms with Crippen LogP contribution in [-0.4, -0.2) is 18.6 Å². The van der Waals surface area contributed by atoms with Crippen molar-refractivity contribution in [3.05, 3.63) is 59.7 Å². The van der Waals surface area contributed by atoms with E-state index in [2.05, 4.69) is 17.2 Å². The second-order valence-electron chi connectivity index (χ2n) is 4.56. The van der Waals surface area contributed by atoms with E-state index in [1.54, 1.807) is 24.5 Å². The second-order valence-corrected chi connectivity index (χ2v) is 4.56. The van der Waals surface area contributed by atoms with Gasteiger partial charge in [0, 0.05) is 24.0 Å². The van der Waals surface area contributed by atoms with Crippen LogP contribution in [0.15, 0.2) is 42.7 Å². The molecule has 0 bridgehead atoms. The first-order valence-corrected chi connectivity index (χ1v) is 6.73. The average Bonchev–Trinajstić information content (AvgIpc) is 2.50. The lowest BCUT2D eigenvalue weighted by atomic mass is 9.99. The van der Waals surface area contributed by atoms with Crippen molar-refractivity contribution in [1.29, 1.82) is 0 Å². The largest absolute Gasteiger partial charge is 0.497 e. The summed E-state index contributed by atoms with van der Waals surface area (Å²) in [5, 5.41) is 3.37. The van der Waals surface area contributed by atoms with Crippen molar-refractivity contribution in [2.24, 2.45) is 0 Å². The summed E-state index contributed by atoms with van der Waals surface area (Å²) in [5.41, 5.74) is 1.61. The number of methoxy groups -OCH3 is 1. The molecule has 20 heavy (non-hydrogen) atoms. The Balaban J connectivity index is 2.36. The third-order valence-corrected chi connectivity index (χ3v) is 3.16. The summed E-state index contributed by atoms with van der Waals surface area (Å²) in [6, 6.07) is 8.58. The Labute approximate surface area is 118 Å². The SMILES string of the molecule is CCCNC(c1ccncc1)c1ccc(OC)cc1F. The maximum absolute atomic E-state index is 14.3. The number of hydrogen-bond donors (Lipinski definition) is 1. The highest BCUT2D eigenvalue weighted by atomic mass is 19.1. The van der Waals surface area contributed by atoms with E-state index >= 15 is 0 Å². The monoisotopic (exact) mass is 274 g/mol. The lowest BCUT2D eigenvalue weighted by Crippen LogP contribution is -2.24. The van der Waals surface area contributed by atoms with Crippen LogP contribution in [0.4, 0.5) is 4.39 Å². The zero-order valence-corrected chi connectivity index (χ0v) is 11.8. The summed E-state index contributed by atoms with van der Waals surface area (Å²) in [5.74, 6) is 0.255. The molecular formula is C16H19FN2O. The van der Waals surface area contributed by atoms with Crippen LogP contribution in [0.1, 0.15) is 30.5 Å². The number of nitrogens with zero attached hydrogens (tertiary/aromatic N) is 1. The fraction of sp³-hybridized carbons (Fsp3) is 0.312. The van der Waals surface area contributed by atoms with E-state index in [4.69, 9.17) is 4.74 Å². The van der Waals surface area contributed by atoms with Gasteiger partial charge in [-0.3, -0.25) is 4.98 Å². The van der Waals surface area contributed by atoms with Crippen LogP contribution in [0.5, 0.6) is 5.75 Å². The van der Waals surface area contributed by atoms with Gasteiger partial charge in [0.05, 0.1) is 13.2 Å². The lowest BCUT2D eigenvalue weighted by Gasteiger charge is -2.20. The van der Waals surface area contributed by atoms with E-state index in [0.29, 0.717) is 11.3 Å². The molecule has 3 nitrogen and oxygen atoms in total. The van der Waals surface area contributed by atoms with Gasteiger partial charge in [-0.05, 0) is 36.7 Å². The number of aromatic nitrogens is 1. The van der Waals surface area contributed by atoms with E-state index in [0.717, 1.165) is 18.5 Å². The Morgan fingerprint density at radius 2 is 2.00 bits per heavy atom. The third kappa shape index (κ3) is 3.33. The first-order valence-electron chi connectivity index (χ1n) is 6.73. The molecule has 2 rings (SSSR count). The summed E-state index contributed by atoms with van der Waals surface area (Å²) in [7, 11) is 1.53. The molecule has 2 aromatic rings. The fourth-order valence-electron chi connectivity index (χ4n) is 2.12. The smallest absolute Gasteiger partial charge is 0.132 e. The number of benzene rings is 1. The maximum atomic E-state index is 14.3. The zero-order chi connectivity index (χ0) is 14.4. The van der Waals surface area contributed by atoms with E-state index < -0.39 is 0 Å². The molecule has 1 unspecified atom stereocenters. The van der Waals surface area contributed by atoms with E-state index in [9.17, 15) is 4.39 Å². The van der Waals surface area contributed by atoms with Gasteiger partial charge >= 0.3 is 0 Å². The van der Waals surface area contributed by atoms with Crippen molar-refractivity contribution in [2.45, 2.75) is 19.4 Å². The van der Waals surface area contributed by atoms with Crippen molar-refractivity contribution >= 4 is 0 Å². The predicted molar refractivity (Wildman–Crippen MR) is 77.3 cm³/mol. The van der Waals surface area contributed by atoms with Crippen LogP contribution in [0.25, 0.3) is 0 Å². The molecule has 0 aliphatic heterocycles. The molecular weight excluding hydrogens is 255 g/mol. The van der Waals surface area contributed by atoms with Crippen LogP contribution < -0.4 is 10.1 Å². The molecule has 1 aromatic heterocycles. The topological polar surface area (TPSA) is 34.2 Å². The van der Waals surface area contributed by atoms with Gasteiger partial charge in [-0.25, -0.2) is 4.39 Å². The van der Waals surface area contributed by atoms with Crippen LogP contribution in [0.3, 0.4) is 0 Å². The van der Waals surface area contributed by atoms with Crippen molar-refractivity contribution in [3.8, 4) is 5.75 Å². The number of pyridine rings is 1. The van der Waals surface area contributed by atoms with Crippen LogP contribution in [0, 0.1) is 5.82 Å². The molecule has 0 saturated carbocycles. The minimum absolute atomic E-state index is 0.177. The van der Waals surface area contributed by atoms with Gasteiger partial charge in [-0.1, -0.05) is 13.0 Å². The van der Waals surface area contributed by atoms with Crippen molar-refractivity contribution in [2.75, 3.05) is 13.7 Å². The van der Waals surface area contributed by atoms with Gasteiger partial charge in [-0.2, -0.15) is 0 Å². The summed E-state index contributed by atoms with van der Waals surface area (Å²) < 4.78 is 19.3. The number of rotatable bonds is 6.